The summed E-state index contributed by atoms with van der Waals surface area (Å²) in [4.78, 5) is 6.47. The Morgan fingerprint density at radius 3 is 2.51 bits per heavy atom. The van der Waals surface area contributed by atoms with Crippen LogP contribution in [-0.4, -0.2) is 40.4 Å². The molecule has 35 heavy (non-hydrogen) atoms. The van der Waals surface area contributed by atoms with Gasteiger partial charge in [0.05, 0.1) is 22.9 Å². The van der Waals surface area contributed by atoms with Gasteiger partial charge in [-0.15, -0.1) is 0 Å². The summed E-state index contributed by atoms with van der Waals surface area (Å²) in [6, 6.07) is 15.2. The van der Waals surface area contributed by atoms with Crippen LogP contribution in [0.25, 0.3) is 33.2 Å². The molecule has 1 saturated heterocycles. The normalized spacial score (nSPS) is 18.0. The molecule has 0 bridgehead atoms. The maximum atomic E-state index is 14.1. The minimum atomic E-state index is -0.774. The van der Waals surface area contributed by atoms with Crippen molar-refractivity contribution in [2.75, 3.05) is 18.0 Å². The van der Waals surface area contributed by atoms with Crippen LogP contribution in [0.15, 0.2) is 60.8 Å². The number of phenolic OH excluding ortho intramolecular Hbond substituents is 1. The van der Waals surface area contributed by atoms with Crippen molar-refractivity contribution >= 4 is 16.6 Å². The predicted octanol–water partition coefficient (Wildman–Crippen LogP) is 4.32. The maximum absolute atomic E-state index is 14.1. The van der Waals surface area contributed by atoms with Crippen molar-refractivity contribution in [1.82, 2.24) is 4.98 Å². The van der Waals surface area contributed by atoms with Gasteiger partial charge in [0.2, 0.25) is 0 Å². The first kappa shape index (κ1) is 22.7. The third-order valence-electron chi connectivity index (χ3n) is 6.43. The summed E-state index contributed by atoms with van der Waals surface area (Å²) in [6.07, 6.45) is 1.33. The Morgan fingerprint density at radius 2 is 1.80 bits per heavy atom. The lowest BCUT2D eigenvalue weighted by Crippen LogP contribution is -2.50. The van der Waals surface area contributed by atoms with Gasteiger partial charge < -0.3 is 20.8 Å². The van der Waals surface area contributed by atoms with E-state index in [2.05, 4.69) is 4.98 Å². The minimum absolute atomic E-state index is 0.133. The zero-order valence-corrected chi connectivity index (χ0v) is 18.6. The lowest BCUT2D eigenvalue weighted by molar-refractivity contribution is 0.132. The number of nitrogens with two attached hydrogens (primary N) is 1. The molecule has 2 heterocycles. The van der Waals surface area contributed by atoms with E-state index in [0.29, 0.717) is 51.8 Å². The molecular formula is C27H22F2N4O2. The number of nitriles is 1. The first-order valence-corrected chi connectivity index (χ1v) is 11.2. The van der Waals surface area contributed by atoms with E-state index in [4.69, 9.17) is 5.73 Å². The van der Waals surface area contributed by atoms with E-state index < -0.39 is 17.7 Å². The van der Waals surface area contributed by atoms with Gasteiger partial charge in [-0.3, -0.25) is 4.98 Å². The molecule has 0 saturated carbocycles. The second-order valence-electron chi connectivity index (χ2n) is 8.69. The monoisotopic (exact) mass is 472 g/mol. The highest BCUT2D eigenvalue weighted by Gasteiger charge is 2.28. The number of aliphatic hydroxyl groups is 1. The fourth-order valence-electron chi connectivity index (χ4n) is 4.63. The number of halogens is 2. The van der Waals surface area contributed by atoms with Crippen molar-refractivity contribution in [1.29, 1.82) is 5.26 Å². The zero-order valence-electron chi connectivity index (χ0n) is 18.6. The van der Waals surface area contributed by atoms with Crippen molar-refractivity contribution < 1.29 is 19.0 Å². The van der Waals surface area contributed by atoms with Gasteiger partial charge in [0, 0.05) is 47.9 Å². The highest BCUT2D eigenvalue weighted by molar-refractivity contribution is 6.02. The molecular weight excluding hydrogens is 450 g/mol. The number of aromatic hydroxyl groups is 1. The first-order valence-electron chi connectivity index (χ1n) is 11.2. The molecule has 0 unspecified atom stereocenters. The minimum Gasteiger partial charge on any atom is -0.506 e. The maximum Gasteiger partial charge on any atom is 0.141 e. The molecule has 1 aliphatic heterocycles. The number of β-amino-alcohol motifs (C(OH)–C–C–N with tert-alkyl or cyclic N) is 1. The molecule has 0 radical (unpaired) electrons. The number of aromatic nitrogens is 1. The lowest BCUT2D eigenvalue weighted by Gasteiger charge is -2.37. The smallest absolute Gasteiger partial charge is 0.141 e. The van der Waals surface area contributed by atoms with Crippen LogP contribution in [0.5, 0.6) is 5.75 Å². The molecule has 2 atom stereocenters. The zero-order chi connectivity index (χ0) is 24.7. The van der Waals surface area contributed by atoms with Crippen LogP contribution < -0.4 is 10.6 Å². The number of benzene rings is 3. The van der Waals surface area contributed by atoms with Gasteiger partial charge in [0.25, 0.3) is 0 Å². The van der Waals surface area contributed by atoms with Crippen LogP contribution in [0.4, 0.5) is 14.5 Å². The van der Waals surface area contributed by atoms with Crippen molar-refractivity contribution in [3.05, 3.63) is 78.0 Å². The van der Waals surface area contributed by atoms with Crippen LogP contribution >= 0.6 is 0 Å². The van der Waals surface area contributed by atoms with Crippen molar-refractivity contribution in [3.63, 3.8) is 0 Å². The first-order chi connectivity index (χ1) is 16.9. The van der Waals surface area contributed by atoms with E-state index in [1.165, 1.54) is 18.2 Å². The summed E-state index contributed by atoms with van der Waals surface area (Å²) in [5.74, 6) is -1.55. The highest BCUT2D eigenvalue weighted by Crippen LogP contribution is 2.41. The standard InChI is InChI=1S/C27H22F2N4O2/c28-18-8-17(9-19(29)11-18)22-13-32-24-5-4-15(20-3-1-2-16(12-30)27(20)35)10-21(24)26(22)33-7-6-23(31)25(34)14-33/h1-5,8-11,13,23,25,34-35H,6-7,14,31H2/t23-,25+/m0/s1. The second-order valence-corrected chi connectivity index (χ2v) is 8.69. The number of phenols is 1. The summed E-state index contributed by atoms with van der Waals surface area (Å²) >= 11 is 0. The lowest BCUT2D eigenvalue weighted by atomic mass is 9.95. The summed E-state index contributed by atoms with van der Waals surface area (Å²) in [7, 11) is 0. The Labute approximate surface area is 200 Å². The SMILES string of the molecule is N#Cc1cccc(-c2ccc3ncc(-c4cc(F)cc(F)c4)c(N4CC[C@H](N)[C@H](O)C4)c3c2)c1O. The Morgan fingerprint density at radius 1 is 1.03 bits per heavy atom. The molecule has 0 amide bonds. The van der Waals surface area contributed by atoms with Gasteiger partial charge in [0.1, 0.15) is 23.5 Å². The van der Waals surface area contributed by atoms with Crippen molar-refractivity contribution in [2.24, 2.45) is 5.73 Å². The number of aliphatic hydroxyl groups excluding tert-OH is 1. The van der Waals surface area contributed by atoms with Gasteiger partial charge in [-0.25, -0.2) is 8.78 Å². The topological polar surface area (TPSA) is 106 Å². The number of anilines is 1. The number of hydrogen-bond donors (Lipinski definition) is 3. The third-order valence-corrected chi connectivity index (χ3v) is 6.43. The summed E-state index contributed by atoms with van der Waals surface area (Å²) < 4.78 is 28.3. The molecule has 3 aromatic carbocycles. The summed E-state index contributed by atoms with van der Waals surface area (Å²) in [5, 5.41) is 31.1. The van der Waals surface area contributed by atoms with Gasteiger partial charge in [-0.1, -0.05) is 18.2 Å². The quantitative estimate of drug-likeness (QED) is 0.410. The number of nitrogens with zero attached hydrogens (tertiary/aromatic N) is 3. The highest BCUT2D eigenvalue weighted by atomic mass is 19.1. The van der Waals surface area contributed by atoms with Crippen LogP contribution in [0.1, 0.15) is 12.0 Å². The average Bonchev–Trinajstić information content (AvgIpc) is 2.84. The molecule has 1 aliphatic rings. The number of fused-ring (bicyclic) bond motifs is 1. The van der Waals surface area contributed by atoms with E-state index in [1.807, 2.05) is 17.0 Å². The Kier molecular flexibility index (Phi) is 5.81. The largest absolute Gasteiger partial charge is 0.506 e. The van der Waals surface area contributed by atoms with Crippen molar-refractivity contribution in [3.8, 4) is 34.1 Å². The van der Waals surface area contributed by atoms with E-state index in [0.717, 1.165) is 6.07 Å². The fraction of sp³-hybridized carbons (Fsp3) is 0.185. The number of para-hydroxylation sites is 1. The second kappa shape index (κ2) is 8.95. The van der Waals surface area contributed by atoms with Gasteiger partial charge in [-0.2, -0.15) is 5.26 Å². The number of piperidine rings is 1. The molecule has 8 heteroatoms. The van der Waals surface area contributed by atoms with Crippen LogP contribution in [0.2, 0.25) is 0 Å². The van der Waals surface area contributed by atoms with E-state index in [9.17, 15) is 24.3 Å². The summed E-state index contributed by atoms with van der Waals surface area (Å²) in [5.41, 5.74) is 9.40. The number of pyridine rings is 1. The average molecular weight is 472 g/mol. The molecule has 0 spiro atoms. The Balaban J connectivity index is 1.77. The van der Waals surface area contributed by atoms with Crippen LogP contribution in [0.3, 0.4) is 0 Å². The Hall–Kier alpha value is -4.06. The van der Waals surface area contributed by atoms with Gasteiger partial charge >= 0.3 is 0 Å². The molecule has 1 aromatic heterocycles. The molecule has 1 fully saturated rings. The van der Waals surface area contributed by atoms with Gasteiger partial charge in [-0.05, 0) is 47.9 Å². The molecule has 6 nitrogen and oxygen atoms in total. The predicted molar refractivity (Wildman–Crippen MR) is 130 cm³/mol. The fourth-order valence-corrected chi connectivity index (χ4v) is 4.63. The molecule has 0 aliphatic carbocycles. The van der Waals surface area contributed by atoms with Gasteiger partial charge in [0.15, 0.2) is 0 Å². The molecule has 4 N–H and O–H groups in total. The Bertz CT molecular complexity index is 1460. The number of hydrogen-bond acceptors (Lipinski definition) is 6. The molecule has 4 aromatic rings. The van der Waals surface area contributed by atoms with E-state index in [1.54, 1.807) is 30.5 Å². The number of rotatable bonds is 3. The van der Waals surface area contributed by atoms with E-state index in [-0.39, 0.29) is 23.9 Å². The molecule has 5 rings (SSSR count). The summed E-state index contributed by atoms with van der Waals surface area (Å²) in [6.45, 7) is 0.770. The van der Waals surface area contributed by atoms with Crippen LogP contribution in [0, 0.1) is 23.0 Å². The van der Waals surface area contributed by atoms with E-state index >= 15 is 0 Å². The third kappa shape index (κ3) is 4.16. The van der Waals surface area contributed by atoms with Crippen molar-refractivity contribution in [2.45, 2.75) is 18.6 Å². The molecule has 176 valence electrons. The van der Waals surface area contributed by atoms with Crippen LogP contribution in [-0.2, 0) is 0 Å².